The van der Waals surface area contributed by atoms with Crippen LogP contribution in [0.4, 0.5) is 0 Å². The van der Waals surface area contributed by atoms with E-state index < -0.39 is 5.60 Å². The maximum Gasteiger partial charge on any atom is 0.134 e. The molecule has 0 amide bonds. The molecule has 1 unspecified atom stereocenters. The van der Waals surface area contributed by atoms with Crippen molar-refractivity contribution in [2.24, 2.45) is 0 Å². The number of benzene rings is 1. The van der Waals surface area contributed by atoms with Gasteiger partial charge in [0.05, 0.1) is 25.4 Å². The average molecular weight is 332 g/mol. The molecule has 2 heterocycles. The van der Waals surface area contributed by atoms with Crippen molar-refractivity contribution in [3.8, 4) is 0 Å². The first-order valence-corrected chi connectivity index (χ1v) is 8.66. The van der Waals surface area contributed by atoms with Gasteiger partial charge in [0, 0.05) is 31.6 Å². The Labute approximate surface area is 143 Å². The molecule has 1 saturated heterocycles. The van der Waals surface area contributed by atoms with Gasteiger partial charge in [-0.05, 0) is 50.1 Å². The maximum absolute atomic E-state index is 10.6. The van der Waals surface area contributed by atoms with Gasteiger partial charge in [-0.25, -0.2) is 0 Å². The molecule has 2 aromatic rings. The second-order valence-electron chi connectivity index (χ2n) is 7.18. The number of β-amino-alcohol motifs (C(OH)–C–C–N with tert-alkyl or cyclic N) is 1. The topological polar surface area (TPSA) is 57.9 Å². The van der Waals surface area contributed by atoms with E-state index in [0.29, 0.717) is 19.6 Å². The van der Waals surface area contributed by atoms with E-state index in [1.54, 1.807) is 0 Å². The van der Waals surface area contributed by atoms with Crippen molar-refractivity contribution in [3.63, 3.8) is 0 Å². The highest BCUT2D eigenvalue weighted by molar-refractivity contribution is 5.79. The predicted octanol–water partition coefficient (Wildman–Crippen LogP) is 2.22. The number of rotatable bonds is 6. The predicted molar refractivity (Wildman–Crippen MR) is 95.3 cm³/mol. The Bertz CT molecular complexity index is 648. The summed E-state index contributed by atoms with van der Waals surface area (Å²) in [4.78, 5) is 2.25. The van der Waals surface area contributed by atoms with E-state index in [1.807, 2.05) is 6.92 Å². The van der Waals surface area contributed by atoms with Crippen LogP contribution in [0, 0.1) is 13.8 Å². The first-order chi connectivity index (χ1) is 11.4. The van der Waals surface area contributed by atoms with Crippen molar-refractivity contribution < 1.29 is 14.3 Å². The molecule has 132 valence electrons. The van der Waals surface area contributed by atoms with Crippen LogP contribution in [0.15, 0.2) is 22.6 Å². The van der Waals surface area contributed by atoms with Crippen LogP contribution >= 0.6 is 0 Å². The molecule has 0 aliphatic carbocycles. The fourth-order valence-corrected chi connectivity index (χ4v) is 3.20. The van der Waals surface area contributed by atoms with E-state index in [4.69, 9.17) is 9.15 Å². The zero-order valence-electron chi connectivity index (χ0n) is 14.9. The van der Waals surface area contributed by atoms with Crippen LogP contribution in [-0.2, 0) is 11.3 Å². The standard InChI is InChI=1S/C19H28N2O3/c1-14-8-16-10-17(24-18(16)9-15(14)2)11-20-12-19(3,22)13-21-4-6-23-7-5-21/h8-10,20,22H,4-7,11-13H2,1-3H3. The molecule has 0 radical (unpaired) electrons. The van der Waals surface area contributed by atoms with Gasteiger partial charge in [0.25, 0.3) is 0 Å². The zero-order valence-corrected chi connectivity index (χ0v) is 14.9. The van der Waals surface area contributed by atoms with Crippen LogP contribution in [0.5, 0.6) is 0 Å². The molecule has 5 nitrogen and oxygen atoms in total. The molecule has 2 N–H and O–H groups in total. The summed E-state index contributed by atoms with van der Waals surface area (Å²) in [6.07, 6.45) is 0. The van der Waals surface area contributed by atoms with Crippen molar-refractivity contribution in [1.29, 1.82) is 0 Å². The molecule has 0 bridgehead atoms. The maximum atomic E-state index is 10.6. The molecule has 1 aliphatic heterocycles. The van der Waals surface area contributed by atoms with Crippen LogP contribution in [-0.4, -0.2) is 55.0 Å². The molecule has 1 fully saturated rings. The number of nitrogens with zero attached hydrogens (tertiary/aromatic N) is 1. The van der Waals surface area contributed by atoms with Crippen LogP contribution in [0.2, 0.25) is 0 Å². The molecule has 1 aliphatic rings. The number of ether oxygens (including phenoxy) is 1. The number of fused-ring (bicyclic) bond motifs is 1. The van der Waals surface area contributed by atoms with Gasteiger partial charge < -0.3 is 19.6 Å². The monoisotopic (exact) mass is 332 g/mol. The van der Waals surface area contributed by atoms with Gasteiger partial charge in [0.15, 0.2) is 0 Å². The SMILES string of the molecule is Cc1cc2cc(CNCC(C)(O)CN3CCOCC3)oc2cc1C. The second-order valence-corrected chi connectivity index (χ2v) is 7.18. The minimum atomic E-state index is -0.767. The zero-order chi connectivity index (χ0) is 17.2. The largest absolute Gasteiger partial charge is 0.460 e. The third-order valence-electron chi connectivity index (χ3n) is 4.66. The summed E-state index contributed by atoms with van der Waals surface area (Å²) in [5.74, 6) is 0.900. The van der Waals surface area contributed by atoms with Crippen molar-refractivity contribution in [1.82, 2.24) is 10.2 Å². The number of furan rings is 1. The van der Waals surface area contributed by atoms with Gasteiger partial charge in [-0.3, -0.25) is 4.90 Å². The first kappa shape index (κ1) is 17.4. The Morgan fingerprint density at radius 2 is 1.88 bits per heavy atom. The lowest BCUT2D eigenvalue weighted by atomic mass is 10.1. The summed E-state index contributed by atoms with van der Waals surface area (Å²) in [5.41, 5.74) is 2.67. The number of morpholine rings is 1. The van der Waals surface area contributed by atoms with Crippen molar-refractivity contribution in [2.45, 2.75) is 32.9 Å². The highest BCUT2D eigenvalue weighted by atomic mass is 16.5. The van der Waals surface area contributed by atoms with Gasteiger partial charge in [-0.15, -0.1) is 0 Å². The smallest absolute Gasteiger partial charge is 0.134 e. The molecule has 0 spiro atoms. The second kappa shape index (κ2) is 7.23. The van der Waals surface area contributed by atoms with Gasteiger partial charge in [-0.2, -0.15) is 0 Å². The summed E-state index contributed by atoms with van der Waals surface area (Å²) >= 11 is 0. The Morgan fingerprint density at radius 3 is 2.62 bits per heavy atom. The van der Waals surface area contributed by atoms with E-state index in [2.05, 4.69) is 42.3 Å². The molecular formula is C19H28N2O3. The summed E-state index contributed by atoms with van der Waals surface area (Å²) in [6.45, 7) is 11.2. The third-order valence-corrected chi connectivity index (χ3v) is 4.66. The normalized spacial score (nSPS) is 18.8. The lowest BCUT2D eigenvalue weighted by molar-refractivity contribution is -0.0220. The van der Waals surface area contributed by atoms with E-state index in [0.717, 1.165) is 43.0 Å². The molecule has 1 aromatic carbocycles. The molecule has 24 heavy (non-hydrogen) atoms. The summed E-state index contributed by atoms with van der Waals surface area (Å²) in [6, 6.07) is 6.32. The van der Waals surface area contributed by atoms with Crippen LogP contribution in [0.3, 0.4) is 0 Å². The van der Waals surface area contributed by atoms with Gasteiger partial charge >= 0.3 is 0 Å². The van der Waals surface area contributed by atoms with Gasteiger partial charge in [0.2, 0.25) is 0 Å². The minimum Gasteiger partial charge on any atom is -0.460 e. The number of aliphatic hydroxyl groups is 1. The van der Waals surface area contributed by atoms with Crippen molar-refractivity contribution in [2.75, 3.05) is 39.4 Å². The summed E-state index contributed by atoms with van der Waals surface area (Å²) in [7, 11) is 0. The minimum absolute atomic E-state index is 0.527. The summed E-state index contributed by atoms with van der Waals surface area (Å²) < 4.78 is 11.2. The number of hydrogen-bond donors (Lipinski definition) is 2. The first-order valence-electron chi connectivity index (χ1n) is 8.66. The molecule has 3 rings (SSSR count). The Hall–Kier alpha value is -1.40. The average Bonchev–Trinajstić information content (AvgIpc) is 2.89. The van der Waals surface area contributed by atoms with Crippen LogP contribution in [0.1, 0.15) is 23.8 Å². The molecule has 1 atom stereocenters. The molecule has 0 saturated carbocycles. The van der Waals surface area contributed by atoms with E-state index in [-0.39, 0.29) is 0 Å². The Balaban J connectivity index is 1.53. The Morgan fingerprint density at radius 1 is 1.17 bits per heavy atom. The van der Waals surface area contributed by atoms with Crippen molar-refractivity contribution in [3.05, 3.63) is 35.1 Å². The molecular weight excluding hydrogens is 304 g/mol. The van der Waals surface area contributed by atoms with Crippen LogP contribution < -0.4 is 5.32 Å². The fourth-order valence-electron chi connectivity index (χ4n) is 3.20. The third kappa shape index (κ3) is 4.36. The molecule has 5 heteroatoms. The fraction of sp³-hybridized carbons (Fsp3) is 0.579. The quantitative estimate of drug-likeness (QED) is 0.849. The highest BCUT2D eigenvalue weighted by Gasteiger charge is 2.25. The van der Waals surface area contributed by atoms with E-state index in [9.17, 15) is 5.11 Å². The number of hydrogen-bond acceptors (Lipinski definition) is 5. The lowest BCUT2D eigenvalue weighted by Gasteiger charge is -2.33. The van der Waals surface area contributed by atoms with Gasteiger partial charge in [0.1, 0.15) is 11.3 Å². The highest BCUT2D eigenvalue weighted by Crippen LogP contribution is 2.23. The van der Waals surface area contributed by atoms with E-state index >= 15 is 0 Å². The van der Waals surface area contributed by atoms with E-state index in [1.165, 1.54) is 11.1 Å². The van der Waals surface area contributed by atoms with Crippen molar-refractivity contribution >= 4 is 11.0 Å². The lowest BCUT2D eigenvalue weighted by Crippen LogP contribution is -2.50. The summed E-state index contributed by atoms with van der Waals surface area (Å²) in [5, 5.41) is 15.0. The van der Waals surface area contributed by atoms with Gasteiger partial charge in [-0.1, -0.05) is 0 Å². The molecule has 1 aromatic heterocycles. The van der Waals surface area contributed by atoms with Crippen LogP contribution in [0.25, 0.3) is 11.0 Å². The number of nitrogens with one attached hydrogen (secondary N) is 1. The Kier molecular flexibility index (Phi) is 5.25. The number of aryl methyl sites for hydroxylation is 2.